The zero-order chi connectivity index (χ0) is 26.0. The van der Waals surface area contributed by atoms with Gasteiger partial charge < -0.3 is 5.11 Å². The molecule has 0 aliphatic rings. The van der Waals surface area contributed by atoms with E-state index in [0.29, 0.717) is 11.1 Å². The van der Waals surface area contributed by atoms with Crippen LogP contribution in [0.15, 0.2) is 71.6 Å². The third-order valence-corrected chi connectivity index (χ3v) is 7.46. The van der Waals surface area contributed by atoms with Crippen LogP contribution in [0.3, 0.4) is 0 Å². The Balaban J connectivity index is 1.99. The second-order valence-corrected chi connectivity index (χ2v) is 11.8. The maximum absolute atomic E-state index is 13.3. The van der Waals surface area contributed by atoms with Crippen molar-refractivity contribution in [3.8, 4) is 11.1 Å². The summed E-state index contributed by atoms with van der Waals surface area (Å²) in [6, 6.07) is 20.0. The number of amides is 1. The summed E-state index contributed by atoms with van der Waals surface area (Å²) in [5.74, 6) is -0.190. The van der Waals surface area contributed by atoms with Crippen molar-refractivity contribution >= 4 is 15.9 Å². The van der Waals surface area contributed by atoms with Crippen LogP contribution < -0.4 is 4.72 Å². The number of hydrogen-bond donors (Lipinski definition) is 2. The van der Waals surface area contributed by atoms with Gasteiger partial charge in [-0.1, -0.05) is 76.2 Å². The highest BCUT2D eigenvalue weighted by Crippen LogP contribution is 2.31. The van der Waals surface area contributed by atoms with E-state index >= 15 is 0 Å². The van der Waals surface area contributed by atoms with Crippen LogP contribution in [0.2, 0.25) is 0 Å². The van der Waals surface area contributed by atoms with Crippen molar-refractivity contribution in [2.45, 2.75) is 70.3 Å². The standard InChI is InChI=1S/C29H35NO4S/c1-19(2)25-13-10-14-26(20(3)4)27(25)18-28(31)30-35(33,34)24-16-22(21-11-8-7-9-12-21)15-23(17-24)29(5,6)32/h7-17,19-20,32H,18H2,1-6H3,(H,30,31). The summed E-state index contributed by atoms with van der Waals surface area (Å²) in [6.07, 6.45) is -0.0299. The Bertz CT molecular complexity index is 1280. The molecule has 1 amide bonds. The Labute approximate surface area is 209 Å². The minimum absolute atomic E-state index is 0.0299. The van der Waals surface area contributed by atoms with Gasteiger partial charge in [0.05, 0.1) is 16.9 Å². The van der Waals surface area contributed by atoms with Gasteiger partial charge in [-0.15, -0.1) is 0 Å². The number of aliphatic hydroxyl groups is 1. The van der Waals surface area contributed by atoms with Gasteiger partial charge >= 0.3 is 0 Å². The van der Waals surface area contributed by atoms with Crippen molar-refractivity contribution in [3.63, 3.8) is 0 Å². The highest BCUT2D eigenvalue weighted by atomic mass is 32.2. The molecule has 186 valence electrons. The Kier molecular flexibility index (Phi) is 7.87. The van der Waals surface area contributed by atoms with E-state index in [0.717, 1.165) is 22.3 Å². The van der Waals surface area contributed by atoms with E-state index in [4.69, 9.17) is 0 Å². The number of carbonyl (C=O) groups excluding carboxylic acids is 1. The van der Waals surface area contributed by atoms with Gasteiger partial charge in [0, 0.05) is 0 Å². The van der Waals surface area contributed by atoms with Crippen LogP contribution in [0.1, 0.15) is 75.6 Å². The highest BCUT2D eigenvalue weighted by Gasteiger charge is 2.25. The molecule has 3 rings (SSSR count). The Morgan fingerprint density at radius 2 is 1.43 bits per heavy atom. The van der Waals surface area contributed by atoms with Crippen molar-refractivity contribution in [1.29, 1.82) is 0 Å². The predicted octanol–water partition coefficient (Wildman–Crippen LogP) is 5.88. The molecule has 0 bridgehead atoms. The number of rotatable bonds is 8. The fraction of sp³-hybridized carbons (Fsp3) is 0.345. The second-order valence-electron chi connectivity index (χ2n) is 10.1. The zero-order valence-electron chi connectivity index (χ0n) is 21.3. The molecule has 0 saturated carbocycles. The van der Waals surface area contributed by atoms with Gasteiger partial charge in [0.2, 0.25) is 5.91 Å². The fourth-order valence-corrected chi connectivity index (χ4v) is 5.27. The Morgan fingerprint density at radius 3 is 1.94 bits per heavy atom. The van der Waals surface area contributed by atoms with E-state index in [1.165, 1.54) is 12.1 Å². The SMILES string of the molecule is CC(C)c1cccc(C(C)C)c1CC(=O)NS(=O)(=O)c1cc(-c2ccccc2)cc(C(C)(C)O)c1. The molecule has 6 heteroatoms. The highest BCUT2D eigenvalue weighted by molar-refractivity contribution is 7.90. The minimum atomic E-state index is -4.17. The van der Waals surface area contributed by atoms with Crippen LogP contribution >= 0.6 is 0 Å². The predicted molar refractivity (Wildman–Crippen MR) is 141 cm³/mol. The van der Waals surface area contributed by atoms with Crippen LogP contribution in [0.25, 0.3) is 11.1 Å². The summed E-state index contributed by atoms with van der Waals surface area (Å²) in [6.45, 7) is 11.4. The average molecular weight is 494 g/mol. The first-order valence-corrected chi connectivity index (χ1v) is 13.4. The monoisotopic (exact) mass is 493 g/mol. The van der Waals surface area contributed by atoms with E-state index in [1.54, 1.807) is 19.9 Å². The van der Waals surface area contributed by atoms with E-state index in [-0.39, 0.29) is 23.2 Å². The lowest BCUT2D eigenvalue weighted by Gasteiger charge is -2.21. The van der Waals surface area contributed by atoms with Crippen LogP contribution in [0.5, 0.6) is 0 Å². The number of benzene rings is 3. The summed E-state index contributed by atoms with van der Waals surface area (Å²) >= 11 is 0. The summed E-state index contributed by atoms with van der Waals surface area (Å²) in [4.78, 5) is 13.0. The van der Waals surface area contributed by atoms with Gasteiger partial charge in [-0.05, 0) is 77.3 Å². The first kappa shape index (κ1) is 26.6. The topological polar surface area (TPSA) is 83.5 Å². The van der Waals surface area contributed by atoms with Gasteiger partial charge in [0.1, 0.15) is 0 Å². The molecular formula is C29H35NO4S. The van der Waals surface area contributed by atoms with Crippen molar-refractivity contribution in [2.75, 3.05) is 0 Å². The van der Waals surface area contributed by atoms with Crippen LogP contribution in [0, 0.1) is 0 Å². The van der Waals surface area contributed by atoms with Crippen LogP contribution in [-0.4, -0.2) is 19.4 Å². The molecule has 0 aliphatic carbocycles. The minimum Gasteiger partial charge on any atom is -0.386 e. The van der Waals surface area contributed by atoms with Gasteiger partial charge in [-0.25, -0.2) is 13.1 Å². The molecule has 3 aromatic rings. The Morgan fingerprint density at radius 1 is 0.857 bits per heavy atom. The van der Waals surface area contributed by atoms with Crippen molar-refractivity contribution in [3.05, 3.63) is 89.0 Å². The molecule has 5 nitrogen and oxygen atoms in total. The quantitative estimate of drug-likeness (QED) is 0.411. The molecule has 0 spiro atoms. The molecular weight excluding hydrogens is 458 g/mol. The summed E-state index contributed by atoms with van der Waals surface area (Å²) in [5, 5.41) is 10.6. The van der Waals surface area contributed by atoms with Crippen LogP contribution in [-0.2, 0) is 26.8 Å². The summed E-state index contributed by atoms with van der Waals surface area (Å²) in [5.41, 5.74) is 3.60. The van der Waals surface area contributed by atoms with Gasteiger partial charge in [-0.2, -0.15) is 0 Å². The van der Waals surface area contributed by atoms with E-state index in [2.05, 4.69) is 32.4 Å². The molecule has 0 fully saturated rings. The number of nitrogens with one attached hydrogen (secondary N) is 1. The lowest BCUT2D eigenvalue weighted by Crippen LogP contribution is -2.32. The molecule has 0 radical (unpaired) electrons. The number of sulfonamides is 1. The molecule has 0 aromatic heterocycles. The van der Waals surface area contributed by atoms with Gasteiger partial charge in [0.25, 0.3) is 10.0 Å². The van der Waals surface area contributed by atoms with Crippen molar-refractivity contribution in [1.82, 2.24) is 4.72 Å². The number of carbonyl (C=O) groups is 1. The maximum Gasteiger partial charge on any atom is 0.264 e. The molecule has 0 atom stereocenters. The van der Waals surface area contributed by atoms with E-state index in [1.807, 2.05) is 48.5 Å². The lowest BCUT2D eigenvalue weighted by atomic mass is 9.87. The largest absolute Gasteiger partial charge is 0.386 e. The third-order valence-electron chi connectivity index (χ3n) is 6.11. The second kappa shape index (κ2) is 10.3. The van der Waals surface area contributed by atoms with E-state index in [9.17, 15) is 18.3 Å². The van der Waals surface area contributed by atoms with Crippen molar-refractivity contribution in [2.24, 2.45) is 0 Å². The molecule has 35 heavy (non-hydrogen) atoms. The zero-order valence-corrected chi connectivity index (χ0v) is 22.1. The molecule has 3 aromatic carbocycles. The first-order valence-electron chi connectivity index (χ1n) is 11.9. The van der Waals surface area contributed by atoms with Crippen LogP contribution in [0.4, 0.5) is 0 Å². The fourth-order valence-electron chi connectivity index (χ4n) is 4.22. The summed E-state index contributed by atoms with van der Waals surface area (Å²) in [7, 11) is -4.17. The number of hydrogen-bond acceptors (Lipinski definition) is 4. The molecule has 0 saturated heterocycles. The molecule has 0 aliphatic heterocycles. The van der Waals surface area contributed by atoms with Gasteiger partial charge in [0.15, 0.2) is 0 Å². The average Bonchev–Trinajstić information content (AvgIpc) is 2.78. The normalized spacial score (nSPS) is 12.3. The van der Waals surface area contributed by atoms with E-state index < -0.39 is 21.5 Å². The Hall–Kier alpha value is -2.96. The van der Waals surface area contributed by atoms with Crippen molar-refractivity contribution < 1.29 is 18.3 Å². The first-order chi connectivity index (χ1) is 16.3. The van der Waals surface area contributed by atoms with Gasteiger partial charge in [-0.3, -0.25) is 4.79 Å². The molecule has 0 heterocycles. The summed E-state index contributed by atoms with van der Waals surface area (Å²) < 4.78 is 28.9. The molecule has 0 unspecified atom stereocenters. The third kappa shape index (κ3) is 6.38. The maximum atomic E-state index is 13.3. The lowest BCUT2D eigenvalue weighted by molar-refractivity contribution is -0.118. The smallest absolute Gasteiger partial charge is 0.264 e. The molecule has 2 N–H and O–H groups in total.